The van der Waals surface area contributed by atoms with Crippen LogP contribution in [0.1, 0.15) is 84.6 Å². The molecule has 0 aliphatic carbocycles. The Morgan fingerprint density at radius 1 is 0.831 bits per heavy atom. The van der Waals surface area contributed by atoms with Gasteiger partial charge >= 0.3 is 0 Å². The van der Waals surface area contributed by atoms with E-state index < -0.39 is 193 Å². The summed E-state index contributed by atoms with van der Waals surface area (Å²) in [6.45, 7) is 5.45. The number of hydrogen-bond acceptors (Lipinski definition) is 15. The molecule has 1 unspecified atom stereocenters. The molecule has 1 aromatic carbocycles. The van der Waals surface area contributed by atoms with Crippen molar-refractivity contribution in [3.8, 4) is 5.75 Å². The summed E-state index contributed by atoms with van der Waals surface area (Å²) in [5.74, 6) is -12.8. The fourth-order valence-electron chi connectivity index (χ4n) is 7.83. The number of aliphatic hydroxyl groups is 1. The number of carbonyl (C=O) groups excluding carboxylic acids is 10. The second kappa shape index (κ2) is 27.2. The maximum atomic E-state index is 15.3. The van der Waals surface area contributed by atoms with Crippen LogP contribution in [-0.4, -0.2) is 162 Å². The normalized spacial score (nSPS) is 25.8. The summed E-state index contributed by atoms with van der Waals surface area (Å²) in [6, 6.07) is -5.53. The van der Waals surface area contributed by atoms with Gasteiger partial charge in [-0.1, -0.05) is 46.2 Å². The molecule has 2 fully saturated rings. The number of nitrogens with two attached hydrogens (primary N) is 3. The number of nitrogens with zero attached hydrogens (tertiary/aromatic N) is 1. The molecular formula is C44H68FN11O14S. The molecule has 3 rings (SSSR count). The lowest BCUT2D eigenvalue weighted by atomic mass is 9.96. The van der Waals surface area contributed by atoms with Crippen LogP contribution in [0.4, 0.5) is 4.39 Å². The summed E-state index contributed by atoms with van der Waals surface area (Å²) < 4.78 is 42.6. The third kappa shape index (κ3) is 19.3. The molecule has 2 heterocycles. The van der Waals surface area contributed by atoms with Gasteiger partial charge in [0.1, 0.15) is 54.4 Å². The van der Waals surface area contributed by atoms with E-state index in [1.165, 1.54) is 24.3 Å². The van der Waals surface area contributed by atoms with Crippen LogP contribution in [0.5, 0.6) is 5.75 Å². The number of aromatic hydroxyl groups is 1. The van der Waals surface area contributed by atoms with Gasteiger partial charge in [-0.05, 0) is 55.2 Å². The van der Waals surface area contributed by atoms with E-state index in [0.717, 1.165) is 4.90 Å². The molecule has 15 N–H and O–H groups in total. The van der Waals surface area contributed by atoms with Gasteiger partial charge < -0.3 is 64.2 Å². The lowest BCUT2D eigenvalue weighted by Gasteiger charge is -2.31. The Morgan fingerprint density at radius 3 is 2.03 bits per heavy atom. The molecule has 2 aliphatic heterocycles. The summed E-state index contributed by atoms with van der Waals surface area (Å²) in [7, 11) is -4.30. The van der Waals surface area contributed by atoms with Gasteiger partial charge in [0.25, 0.3) is 0 Å². The van der Waals surface area contributed by atoms with Crippen molar-refractivity contribution in [2.24, 2.45) is 29.0 Å². The van der Waals surface area contributed by atoms with Gasteiger partial charge in [-0.25, -0.2) is 12.8 Å². The molecular weight excluding hydrogens is 958 g/mol. The molecule has 71 heavy (non-hydrogen) atoms. The van der Waals surface area contributed by atoms with E-state index in [1.807, 2.05) is 0 Å². The minimum absolute atomic E-state index is 0.0293. The molecule has 0 radical (unpaired) electrons. The molecule has 2 aliphatic rings. The van der Waals surface area contributed by atoms with E-state index in [9.17, 15) is 66.6 Å². The molecule has 396 valence electrons. The van der Waals surface area contributed by atoms with E-state index >= 15 is 4.39 Å². The number of nitrogens with one attached hydrogen (secondary N) is 7. The number of hydrogen-bond donors (Lipinski definition) is 12. The topological polar surface area (TPSA) is 411 Å². The van der Waals surface area contributed by atoms with Crippen LogP contribution >= 0.6 is 0 Å². The van der Waals surface area contributed by atoms with Crippen LogP contribution in [0, 0.1) is 11.8 Å². The lowest BCUT2D eigenvalue weighted by molar-refractivity contribution is -0.143. The van der Waals surface area contributed by atoms with Crippen molar-refractivity contribution in [3.63, 3.8) is 0 Å². The van der Waals surface area contributed by atoms with Gasteiger partial charge in [0.05, 0.1) is 37.1 Å². The van der Waals surface area contributed by atoms with Crippen molar-refractivity contribution in [2.75, 3.05) is 24.6 Å². The smallest absolute Gasteiger partial charge is 0.245 e. The molecule has 2 saturated heterocycles. The predicted octanol–water partition coefficient (Wildman–Crippen LogP) is -4.38. The van der Waals surface area contributed by atoms with Crippen LogP contribution in [0.25, 0.3) is 0 Å². The van der Waals surface area contributed by atoms with Crippen molar-refractivity contribution in [2.45, 2.75) is 140 Å². The van der Waals surface area contributed by atoms with Crippen LogP contribution in [0.2, 0.25) is 0 Å². The minimum atomic E-state index is -4.30. The number of phenolic OH excluding ortho intramolecular Hbond substituents is 1. The fourth-order valence-corrected chi connectivity index (χ4v) is 9.21. The zero-order chi connectivity index (χ0) is 53.3. The molecule has 0 aromatic heterocycles. The molecule has 0 saturated carbocycles. The van der Waals surface area contributed by atoms with E-state index in [4.69, 9.17) is 17.2 Å². The second-order valence-corrected chi connectivity index (χ2v) is 20.6. The third-order valence-corrected chi connectivity index (χ3v) is 13.6. The Hall–Kier alpha value is -6.48. The minimum Gasteiger partial charge on any atom is -0.508 e. The highest BCUT2D eigenvalue weighted by Gasteiger charge is 2.44. The Kier molecular flexibility index (Phi) is 22.5. The number of rotatable bonds is 17. The standard InChI is InChI=1S/C44H68FN11O14S/c1-5-23(4)37-43(67)51-27(10-11-33(46)58)39(63)53-31(19-34(47)59)40(64)52-28(12-14-71(69,70)15-13-36(61)50-30(41(65)55-37)17-24-6-8-26(57)9-7-24)44(68)56-21-25(45)18-32(56)42(66)54-29(16-22(2)3)38(62)49-20-35(48)60/h6-9,22-23,25,27-32,36-37,50,57,61H,5,10-21H2,1-4H3,(H2,46,58)(H2,47,59)(H2,48,60)(H,49,62)(H,51,67)(H,52,64)(H,53,63)(H,54,66)(H,55,65)/t23-,25+,27-,28-,29-,30+,31-,32-,36?,37-/m0/s1. The average Bonchev–Trinajstić information content (AvgIpc) is 3.69. The number of sulfone groups is 1. The van der Waals surface area contributed by atoms with Gasteiger partial charge in [-0.15, -0.1) is 0 Å². The largest absolute Gasteiger partial charge is 0.508 e. The van der Waals surface area contributed by atoms with Crippen molar-refractivity contribution in [1.82, 2.24) is 42.1 Å². The molecule has 25 nitrogen and oxygen atoms in total. The van der Waals surface area contributed by atoms with Gasteiger partial charge in [-0.2, -0.15) is 0 Å². The molecule has 10 amide bonds. The molecule has 0 spiro atoms. The van der Waals surface area contributed by atoms with Crippen molar-refractivity contribution in [1.29, 1.82) is 0 Å². The fraction of sp³-hybridized carbons (Fsp3) is 0.636. The van der Waals surface area contributed by atoms with Crippen LogP contribution in [-0.2, 0) is 64.2 Å². The first-order chi connectivity index (χ1) is 33.2. The SMILES string of the molecule is CC[C@H](C)[C@@H]1NC(=O)[C@@H](Cc2ccc(O)cc2)NC(O)CCS(=O)(=O)CC[C@@H](C(=O)N2C[C@H](F)C[C@H]2C(=O)N[C@@H](CC(C)C)C(=O)NCC(N)=O)NC(=O)[C@H](CC(N)=O)NC(=O)[C@H](CCC(N)=O)NC1=O. The molecule has 10 atom stereocenters. The Bertz CT molecular complexity index is 2220. The number of halogens is 1. The van der Waals surface area contributed by atoms with Gasteiger partial charge in [0.15, 0.2) is 9.84 Å². The van der Waals surface area contributed by atoms with E-state index in [-0.39, 0.29) is 30.9 Å². The maximum Gasteiger partial charge on any atom is 0.245 e. The van der Waals surface area contributed by atoms with Crippen molar-refractivity contribution >= 4 is 68.9 Å². The molecule has 1 aromatic rings. The summed E-state index contributed by atoms with van der Waals surface area (Å²) in [5.41, 5.74) is 16.4. The van der Waals surface area contributed by atoms with Gasteiger partial charge in [-0.3, -0.25) is 53.3 Å². The Labute approximate surface area is 410 Å². The van der Waals surface area contributed by atoms with Gasteiger partial charge in [0, 0.05) is 19.3 Å². The highest BCUT2D eigenvalue weighted by Crippen LogP contribution is 2.24. The highest BCUT2D eigenvalue weighted by atomic mass is 32.2. The number of benzene rings is 1. The molecule has 27 heteroatoms. The summed E-state index contributed by atoms with van der Waals surface area (Å²) in [5, 5.41) is 38.1. The Morgan fingerprint density at radius 2 is 1.44 bits per heavy atom. The van der Waals surface area contributed by atoms with E-state index in [2.05, 4.69) is 37.2 Å². The number of aliphatic hydroxyl groups excluding tert-OH is 1. The molecule has 0 bridgehead atoms. The van der Waals surface area contributed by atoms with E-state index in [1.54, 1.807) is 27.7 Å². The van der Waals surface area contributed by atoms with E-state index in [0.29, 0.717) is 5.56 Å². The zero-order valence-corrected chi connectivity index (χ0v) is 40.9. The lowest BCUT2D eigenvalue weighted by Crippen LogP contribution is -2.61. The van der Waals surface area contributed by atoms with Crippen LogP contribution < -0.4 is 54.4 Å². The average molecular weight is 1030 g/mol. The third-order valence-electron chi connectivity index (χ3n) is 11.9. The van der Waals surface area contributed by atoms with Crippen LogP contribution in [0.3, 0.4) is 0 Å². The summed E-state index contributed by atoms with van der Waals surface area (Å²) in [4.78, 5) is 134. The van der Waals surface area contributed by atoms with Crippen LogP contribution in [0.15, 0.2) is 24.3 Å². The number of phenols is 1. The summed E-state index contributed by atoms with van der Waals surface area (Å²) in [6.07, 6.45) is -7.18. The number of primary amides is 3. The number of likely N-dealkylation sites (tertiary alicyclic amines) is 1. The monoisotopic (exact) mass is 1030 g/mol. The number of alkyl halides is 1. The predicted molar refractivity (Wildman–Crippen MR) is 251 cm³/mol. The number of carbonyl (C=O) groups is 10. The van der Waals surface area contributed by atoms with Gasteiger partial charge in [0.2, 0.25) is 59.1 Å². The van der Waals surface area contributed by atoms with Crippen molar-refractivity contribution < 1.29 is 71.0 Å². The number of amides is 10. The zero-order valence-electron chi connectivity index (χ0n) is 40.1. The summed E-state index contributed by atoms with van der Waals surface area (Å²) >= 11 is 0. The maximum absolute atomic E-state index is 15.3. The Balaban J connectivity index is 2.11. The quantitative estimate of drug-likeness (QED) is 0.0701. The first-order valence-corrected chi connectivity index (χ1v) is 25.0. The first-order valence-electron chi connectivity index (χ1n) is 23.2. The second-order valence-electron chi connectivity index (χ2n) is 18.3. The highest BCUT2D eigenvalue weighted by molar-refractivity contribution is 7.91. The van der Waals surface area contributed by atoms with Crippen molar-refractivity contribution in [3.05, 3.63) is 29.8 Å². The first kappa shape index (κ1) is 58.8.